The van der Waals surface area contributed by atoms with Gasteiger partial charge >= 0.3 is 6.09 Å². The molecular formula is C35H55N3O8. The largest absolute Gasteiger partial charge is 0.493 e. The molecule has 11 nitrogen and oxygen atoms in total. The predicted octanol–water partition coefficient (Wildman–Crippen LogP) is 5.00. The number of rotatable bonds is 15. The number of methoxy groups -OCH3 is 2. The van der Waals surface area contributed by atoms with Crippen molar-refractivity contribution in [2.75, 3.05) is 60.2 Å². The zero-order chi connectivity index (χ0) is 33.4. The molecule has 0 radical (unpaired) electrons. The zero-order valence-corrected chi connectivity index (χ0v) is 28.9. The second kappa shape index (κ2) is 16.2. The van der Waals surface area contributed by atoms with Gasteiger partial charge in [-0.2, -0.15) is 0 Å². The minimum atomic E-state index is -0.625. The summed E-state index contributed by atoms with van der Waals surface area (Å²) in [6.45, 7) is 13.2. The number of carbonyl (C=O) groups excluding carboxylic acids is 3. The van der Waals surface area contributed by atoms with Gasteiger partial charge < -0.3 is 38.4 Å². The van der Waals surface area contributed by atoms with E-state index in [1.165, 1.54) is 0 Å². The number of hydrogen-bond acceptors (Lipinski definition) is 8. The molecule has 4 rings (SSSR count). The average molecular weight is 646 g/mol. The standard InChI is InChI=1S/C35H55N3O8/c1-24(2)37(33(40)25-11-14-30(43-7)31(18-25)45-17-9-15-42-6)22-26-20-36(34(41)46-35(3,4)5)21-27(26)23-38(28-12-13-28)32(39)19-29-10-8-16-44-29/h11,14,18,24,26-29H,8-10,12-13,15-17,19-23H2,1-7H3/t26-,27-,29-/m0/s1. The van der Waals surface area contributed by atoms with Gasteiger partial charge in [0.05, 0.1) is 26.2 Å². The molecule has 11 heteroatoms. The first-order valence-corrected chi connectivity index (χ1v) is 16.9. The van der Waals surface area contributed by atoms with Crippen molar-refractivity contribution in [3.63, 3.8) is 0 Å². The Morgan fingerprint density at radius 1 is 1.00 bits per heavy atom. The fraction of sp³-hybridized carbons (Fsp3) is 0.743. The van der Waals surface area contributed by atoms with Gasteiger partial charge in [0.15, 0.2) is 11.5 Å². The molecule has 0 bridgehead atoms. The second-order valence-electron chi connectivity index (χ2n) is 14.1. The second-order valence-corrected chi connectivity index (χ2v) is 14.1. The molecule has 46 heavy (non-hydrogen) atoms. The van der Waals surface area contributed by atoms with Gasteiger partial charge in [-0.15, -0.1) is 0 Å². The van der Waals surface area contributed by atoms with Crippen LogP contribution in [0.4, 0.5) is 4.79 Å². The molecule has 0 unspecified atom stereocenters. The molecule has 1 aromatic rings. The number of hydrogen-bond donors (Lipinski definition) is 0. The van der Waals surface area contributed by atoms with Crippen molar-refractivity contribution in [2.24, 2.45) is 11.8 Å². The molecule has 258 valence electrons. The fourth-order valence-electron chi connectivity index (χ4n) is 6.29. The van der Waals surface area contributed by atoms with E-state index in [4.69, 9.17) is 23.7 Å². The Kier molecular flexibility index (Phi) is 12.6. The molecule has 3 aliphatic rings. The van der Waals surface area contributed by atoms with Crippen LogP contribution in [-0.2, 0) is 19.0 Å². The van der Waals surface area contributed by atoms with E-state index in [1.54, 1.807) is 37.3 Å². The Balaban J connectivity index is 1.53. The van der Waals surface area contributed by atoms with Crippen molar-refractivity contribution < 1.29 is 38.1 Å². The summed E-state index contributed by atoms with van der Waals surface area (Å²) in [5.74, 6) is 1.01. The smallest absolute Gasteiger partial charge is 0.410 e. The summed E-state index contributed by atoms with van der Waals surface area (Å²) >= 11 is 0. The van der Waals surface area contributed by atoms with Gasteiger partial charge in [0.2, 0.25) is 5.91 Å². The van der Waals surface area contributed by atoms with Crippen LogP contribution in [0.15, 0.2) is 18.2 Å². The van der Waals surface area contributed by atoms with E-state index in [0.29, 0.717) is 75.9 Å². The lowest BCUT2D eigenvalue weighted by molar-refractivity contribution is -0.134. The van der Waals surface area contributed by atoms with E-state index in [-0.39, 0.29) is 47.9 Å². The maximum absolute atomic E-state index is 14.1. The maximum atomic E-state index is 14.1. The van der Waals surface area contributed by atoms with Crippen LogP contribution in [0.3, 0.4) is 0 Å². The molecule has 2 saturated heterocycles. The highest BCUT2D eigenvalue weighted by Crippen LogP contribution is 2.35. The minimum absolute atomic E-state index is 0.00818. The summed E-state index contributed by atoms with van der Waals surface area (Å²) in [7, 11) is 3.22. The van der Waals surface area contributed by atoms with Crippen LogP contribution in [0.2, 0.25) is 0 Å². The van der Waals surface area contributed by atoms with Crippen molar-refractivity contribution in [2.45, 2.75) is 96.9 Å². The topological polar surface area (TPSA) is 107 Å². The van der Waals surface area contributed by atoms with Gasteiger partial charge in [0.25, 0.3) is 5.91 Å². The fourth-order valence-corrected chi connectivity index (χ4v) is 6.29. The molecule has 1 saturated carbocycles. The third-order valence-electron chi connectivity index (χ3n) is 8.87. The lowest BCUT2D eigenvalue weighted by atomic mass is 9.93. The Morgan fingerprint density at radius 3 is 2.30 bits per heavy atom. The highest BCUT2D eigenvalue weighted by Gasteiger charge is 2.43. The SMILES string of the molecule is COCCCOc1cc(C(=O)N(C[C@@H]2CN(C(=O)OC(C)(C)C)C[C@H]2CN(C(=O)C[C@@H]2CCCO2)C2CC2)C(C)C)ccc1OC. The minimum Gasteiger partial charge on any atom is -0.493 e. The summed E-state index contributed by atoms with van der Waals surface area (Å²) in [6, 6.07) is 5.39. The van der Waals surface area contributed by atoms with Crippen molar-refractivity contribution >= 4 is 17.9 Å². The van der Waals surface area contributed by atoms with Gasteiger partial charge in [0, 0.05) is 82.4 Å². The maximum Gasteiger partial charge on any atom is 0.410 e. The van der Waals surface area contributed by atoms with Crippen LogP contribution >= 0.6 is 0 Å². The zero-order valence-electron chi connectivity index (χ0n) is 28.9. The Morgan fingerprint density at radius 2 is 1.72 bits per heavy atom. The first kappa shape index (κ1) is 35.8. The van der Waals surface area contributed by atoms with Gasteiger partial charge in [-0.3, -0.25) is 9.59 Å². The molecule has 2 heterocycles. The number of likely N-dealkylation sites (tertiary alicyclic amines) is 1. The van der Waals surface area contributed by atoms with Gasteiger partial charge in [-0.25, -0.2) is 4.79 Å². The molecule has 2 aliphatic heterocycles. The first-order chi connectivity index (χ1) is 21.9. The van der Waals surface area contributed by atoms with Crippen LogP contribution in [-0.4, -0.2) is 117 Å². The molecule has 1 aliphatic carbocycles. The van der Waals surface area contributed by atoms with E-state index in [2.05, 4.69) is 0 Å². The summed E-state index contributed by atoms with van der Waals surface area (Å²) in [5, 5.41) is 0. The van der Waals surface area contributed by atoms with E-state index in [1.807, 2.05) is 44.4 Å². The lowest BCUT2D eigenvalue weighted by Gasteiger charge is -2.33. The molecule has 3 atom stereocenters. The summed E-state index contributed by atoms with van der Waals surface area (Å²) in [5.41, 5.74) is -0.124. The van der Waals surface area contributed by atoms with E-state index in [0.717, 1.165) is 25.7 Å². The molecule has 0 N–H and O–H groups in total. The van der Waals surface area contributed by atoms with Crippen LogP contribution in [0, 0.1) is 11.8 Å². The Bertz CT molecular complexity index is 1170. The van der Waals surface area contributed by atoms with Crippen molar-refractivity contribution in [1.29, 1.82) is 0 Å². The quantitative estimate of drug-likeness (QED) is 0.245. The first-order valence-electron chi connectivity index (χ1n) is 16.9. The van der Waals surface area contributed by atoms with Crippen LogP contribution in [0.5, 0.6) is 11.5 Å². The molecule has 3 amide bonds. The van der Waals surface area contributed by atoms with Gasteiger partial charge in [-0.1, -0.05) is 0 Å². The van der Waals surface area contributed by atoms with E-state index < -0.39 is 5.60 Å². The van der Waals surface area contributed by atoms with E-state index in [9.17, 15) is 14.4 Å². The number of benzene rings is 1. The van der Waals surface area contributed by atoms with Gasteiger partial charge in [-0.05, 0) is 78.5 Å². The predicted molar refractivity (Wildman–Crippen MR) is 174 cm³/mol. The summed E-state index contributed by atoms with van der Waals surface area (Å²) < 4.78 is 28.1. The highest BCUT2D eigenvalue weighted by atomic mass is 16.6. The molecule has 3 fully saturated rings. The summed E-state index contributed by atoms with van der Waals surface area (Å²) in [6.07, 6.45) is 4.62. The third-order valence-corrected chi connectivity index (χ3v) is 8.87. The monoisotopic (exact) mass is 645 g/mol. The van der Waals surface area contributed by atoms with Crippen LogP contribution in [0.25, 0.3) is 0 Å². The Hall–Kier alpha value is -3.05. The van der Waals surface area contributed by atoms with Crippen molar-refractivity contribution in [3.05, 3.63) is 23.8 Å². The van der Waals surface area contributed by atoms with Crippen molar-refractivity contribution in [3.8, 4) is 11.5 Å². The molecule has 1 aromatic carbocycles. The van der Waals surface area contributed by atoms with Gasteiger partial charge in [0.1, 0.15) is 5.60 Å². The molecular weight excluding hydrogens is 590 g/mol. The number of carbonyl (C=O) groups is 3. The normalized spacial score (nSPS) is 21.4. The number of amides is 3. The van der Waals surface area contributed by atoms with Crippen LogP contribution < -0.4 is 9.47 Å². The Labute approximate surface area is 274 Å². The molecule has 0 aromatic heterocycles. The average Bonchev–Trinajstić information content (AvgIpc) is 3.55. The van der Waals surface area contributed by atoms with Crippen LogP contribution in [0.1, 0.15) is 83.5 Å². The third kappa shape index (κ3) is 9.97. The number of nitrogens with zero attached hydrogens (tertiary/aromatic N) is 3. The number of ether oxygens (including phenoxy) is 5. The molecule has 0 spiro atoms. The highest BCUT2D eigenvalue weighted by molar-refractivity contribution is 5.95. The lowest BCUT2D eigenvalue weighted by Crippen LogP contribution is -2.45. The van der Waals surface area contributed by atoms with E-state index >= 15 is 0 Å². The summed E-state index contributed by atoms with van der Waals surface area (Å²) in [4.78, 5) is 46.5. The van der Waals surface area contributed by atoms with Crippen molar-refractivity contribution in [1.82, 2.24) is 14.7 Å².